The Morgan fingerprint density at radius 2 is 1.21 bits per heavy atom. The summed E-state index contributed by atoms with van der Waals surface area (Å²) in [6.45, 7) is 18.4. The molecule has 2 N–H and O–H groups in total. The lowest BCUT2D eigenvalue weighted by molar-refractivity contribution is -0.137. The number of hydrogen-bond donors (Lipinski definition) is 2. The van der Waals surface area contributed by atoms with Gasteiger partial charge in [0.15, 0.2) is 5.78 Å². The van der Waals surface area contributed by atoms with E-state index in [1.54, 1.807) is 62.3 Å². The molecule has 1 atom stereocenters. The molecule has 0 fully saturated rings. The first-order valence-electron chi connectivity index (χ1n) is 16.7. The third-order valence-corrected chi connectivity index (χ3v) is 10.1. The number of aromatic carboxylic acids is 1. The second-order valence-electron chi connectivity index (χ2n) is 13.1. The van der Waals surface area contributed by atoms with Gasteiger partial charge in [-0.25, -0.2) is 14.4 Å². The molecule has 52 heavy (non-hydrogen) atoms. The maximum atomic E-state index is 13.8. The summed E-state index contributed by atoms with van der Waals surface area (Å²) in [5, 5.41) is 21.0. The molecular formula is C41H44O11. The minimum atomic E-state index is -1.07. The van der Waals surface area contributed by atoms with Gasteiger partial charge < -0.3 is 29.2 Å². The molecular weight excluding hydrogens is 668 g/mol. The summed E-state index contributed by atoms with van der Waals surface area (Å²) >= 11 is 0. The maximum Gasteiger partial charge on any atom is 0.347 e. The largest absolute Gasteiger partial charge is 0.507 e. The average molecular weight is 713 g/mol. The lowest BCUT2D eigenvalue weighted by Crippen LogP contribution is -2.28. The Morgan fingerprint density at radius 3 is 1.75 bits per heavy atom. The quantitative estimate of drug-likeness (QED) is 0.167. The Labute approximate surface area is 302 Å². The molecule has 3 aromatic rings. The normalized spacial score (nSPS) is 14.0. The number of carbonyl (C=O) groups excluding carboxylic acids is 4. The van der Waals surface area contributed by atoms with E-state index >= 15 is 0 Å². The molecule has 0 radical (unpaired) electrons. The van der Waals surface area contributed by atoms with Crippen LogP contribution in [0.15, 0.2) is 29.6 Å². The summed E-state index contributed by atoms with van der Waals surface area (Å²) in [6.07, 6.45) is 3.01. The van der Waals surface area contributed by atoms with Gasteiger partial charge in [-0.1, -0.05) is 6.92 Å². The Hall–Kier alpha value is -5.71. The highest BCUT2D eigenvalue weighted by Crippen LogP contribution is 2.39. The number of carboxylic acids is 1. The van der Waals surface area contributed by atoms with Crippen LogP contribution in [0.5, 0.6) is 23.0 Å². The van der Waals surface area contributed by atoms with Gasteiger partial charge >= 0.3 is 23.9 Å². The van der Waals surface area contributed by atoms with Gasteiger partial charge in [-0.15, -0.1) is 0 Å². The van der Waals surface area contributed by atoms with E-state index in [1.165, 1.54) is 32.3 Å². The molecule has 274 valence electrons. The van der Waals surface area contributed by atoms with E-state index < -0.39 is 35.5 Å². The minimum Gasteiger partial charge on any atom is -0.507 e. The minimum absolute atomic E-state index is 0.0251. The van der Waals surface area contributed by atoms with E-state index in [0.29, 0.717) is 56.5 Å². The van der Waals surface area contributed by atoms with Crippen molar-refractivity contribution in [2.75, 3.05) is 7.11 Å². The molecule has 0 heterocycles. The fourth-order valence-corrected chi connectivity index (χ4v) is 6.77. The van der Waals surface area contributed by atoms with Crippen molar-refractivity contribution in [3.8, 4) is 23.0 Å². The van der Waals surface area contributed by atoms with Gasteiger partial charge in [-0.3, -0.25) is 9.59 Å². The van der Waals surface area contributed by atoms with E-state index in [4.69, 9.17) is 18.9 Å². The highest BCUT2D eigenvalue weighted by molar-refractivity contribution is 6.03. The number of aryl methyl sites for hydroxylation is 1. The molecule has 11 heteroatoms. The summed E-state index contributed by atoms with van der Waals surface area (Å²) in [4.78, 5) is 64.7. The molecule has 0 bridgehead atoms. The smallest absolute Gasteiger partial charge is 0.347 e. The molecule has 0 spiro atoms. The fraction of sp³-hybridized carbons (Fsp3) is 0.341. The Bertz CT molecular complexity index is 2120. The molecule has 0 aromatic heterocycles. The number of carbonyl (C=O) groups is 5. The molecule has 1 aliphatic carbocycles. The van der Waals surface area contributed by atoms with Gasteiger partial charge in [-0.2, -0.15) is 0 Å². The van der Waals surface area contributed by atoms with E-state index in [-0.39, 0.29) is 56.6 Å². The van der Waals surface area contributed by atoms with Gasteiger partial charge in [-0.05, 0) is 143 Å². The van der Waals surface area contributed by atoms with Gasteiger partial charge in [0, 0.05) is 11.6 Å². The van der Waals surface area contributed by atoms with Crippen LogP contribution in [0.25, 0.3) is 0 Å². The summed E-state index contributed by atoms with van der Waals surface area (Å²) in [5.74, 6) is -4.21. The fourth-order valence-electron chi connectivity index (χ4n) is 6.77. The number of ether oxygens (including phenoxy) is 4. The zero-order valence-electron chi connectivity index (χ0n) is 31.6. The number of benzene rings is 3. The van der Waals surface area contributed by atoms with Crippen molar-refractivity contribution in [2.24, 2.45) is 5.92 Å². The standard InChI is InChI=1S/C41H44O11/c1-13-28-25(10)33(38(44)45)19(4)24(9)37(28)52-40(47)32-18(3)15-29(26(11)35(32)43)50-41(48)34-20(5)22(7)36(23(8)21(34)6)51-39(46)31-17(2)14-27(42)16-30(31)49-12/h14-16,31,43H,13H2,1-12H3,(H,44,45). The number of methoxy groups -OCH3 is 1. The first-order valence-corrected chi connectivity index (χ1v) is 16.7. The second-order valence-corrected chi connectivity index (χ2v) is 13.1. The van der Waals surface area contributed by atoms with Crippen molar-refractivity contribution >= 4 is 29.7 Å². The monoisotopic (exact) mass is 712 g/mol. The number of phenolic OH excluding ortho intramolecular Hbond substituents is 1. The SMILES string of the molecule is CCc1c(C)c(C(=O)O)c(C)c(C)c1OC(=O)c1c(C)cc(OC(=O)c2c(C)c(C)c(OC(=O)C3C(C)=CC(=O)C=C3OC)c(C)c2C)c(C)c1O. The molecule has 0 amide bonds. The molecule has 11 nitrogen and oxygen atoms in total. The van der Waals surface area contributed by atoms with Crippen LogP contribution in [0.4, 0.5) is 0 Å². The summed E-state index contributed by atoms with van der Waals surface area (Å²) in [6, 6.07) is 1.47. The van der Waals surface area contributed by atoms with E-state index in [2.05, 4.69) is 0 Å². The lowest BCUT2D eigenvalue weighted by atomic mass is 9.91. The number of rotatable bonds is 9. The van der Waals surface area contributed by atoms with Gasteiger partial charge in [0.05, 0.1) is 18.2 Å². The zero-order chi connectivity index (χ0) is 39.1. The van der Waals surface area contributed by atoms with Crippen LogP contribution in [0.2, 0.25) is 0 Å². The van der Waals surface area contributed by atoms with E-state index in [9.17, 15) is 34.2 Å². The maximum absolute atomic E-state index is 13.8. The number of ketones is 1. The molecule has 1 aliphatic rings. The molecule has 4 rings (SSSR count). The van der Waals surface area contributed by atoms with Crippen LogP contribution in [-0.2, 0) is 20.7 Å². The van der Waals surface area contributed by atoms with Crippen molar-refractivity contribution < 1.29 is 53.1 Å². The average Bonchev–Trinajstić information content (AvgIpc) is 3.06. The van der Waals surface area contributed by atoms with E-state index in [0.717, 1.165) is 0 Å². The van der Waals surface area contributed by atoms with Crippen molar-refractivity contribution in [3.63, 3.8) is 0 Å². The molecule has 0 saturated heterocycles. The van der Waals surface area contributed by atoms with Crippen molar-refractivity contribution in [2.45, 2.75) is 82.6 Å². The Morgan fingerprint density at radius 1 is 0.673 bits per heavy atom. The van der Waals surface area contributed by atoms with Gasteiger partial charge in [0.25, 0.3) is 0 Å². The van der Waals surface area contributed by atoms with E-state index in [1.807, 2.05) is 6.92 Å². The second kappa shape index (κ2) is 14.9. The first-order chi connectivity index (χ1) is 24.3. The van der Waals surface area contributed by atoms with Crippen LogP contribution in [0.3, 0.4) is 0 Å². The van der Waals surface area contributed by atoms with Crippen LogP contribution in [-0.4, -0.2) is 47.0 Å². The molecule has 3 aromatic carbocycles. The molecule has 1 unspecified atom stereocenters. The summed E-state index contributed by atoms with van der Waals surface area (Å²) in [5.41, 5.74) is 5.25. The first kappa shape index (κ1) is 39.1. The zero-order valence-corrected chi connectivity index (χ0v) is 31.6. The number of phenols is 1. The third-order valence-electron chi connectivity index (χ3n) is 10.1. The number of carboxylic acid groups (broad SMARTS) is 1. The predicted octanol–water partition coefficient (Wildman–Crippen LogP) is 7.45. The van der Waals surface area contributed by atoms with Crippen molar-refractivity contribution in [1.29, 1.82) is 0 Å². The number of aromatic hydroxyl groups is 1. The number of allylic oxidation sites excluding steroid dienone is 2. The number of esters is 3. The lowest BCUT2D eigenvalue weighted by Gasteiger charge is -2.24. The molecule has 0 aliphatic heterocycles. The van der Waals surface area contributed by atoms with Crippen molar-refractivity contribution in [1.82, 2.24) is 0 Å². The predicted molar refractivity (Wildman–Crippen MR) is 193 cm³/mol. The highest BCUT2D eigenvalue weighted by Gasteiger charge is 2.34. The van der Waals surface area contributed by atoms with Gasteiger partial charge in [0.2, 0.25) is 0 Å². The summed E-state index contributed by atoms with van der Waals surface area (Å²) < 4.78 is 22.9. The van der Waals surface area contributed by atoms with Gasteiger partial charge in [0.1, 0.15) is 40.2 Å². The van der Waals surface area contributed by atoms with Crippen LogP contribution >= 0.6 is 0 Å². The number of hydrogen-bond acceptors (Lipinski definition) is 10. The highest BCUT2D eigenvalue weighted by atomic mass is 16.5. The van der Waals surface area contributed by atoms with Crippen LogP contribution in [0.1, 0.15) is 101 Å². The Kier molecular flexibility index (Phi) is 11.2. The Balaban J connectivity index is 1.66. The van der Waals surface area contributed by atoms with Crippen molar-refractivity contribution in [3.05, 3.63) is 102 Å². The molecule has 0 saturated carbocycles. The topological polar surface area (TPSA) is 163 Å². The third kappa shape index (κ3) is 6.82. The van der Waals surface area contributed by atoms with Crippen LogP contribution < -0.4 is 14.2 Å². The summed E-state index contributed by atoms with van der Waals surface area (Å²) in [7, 11) is 1.37. The van der Waals surface area contributed by atoms with Crippen LogP contribution in [0, 0.1) is 68.2 Å².